The van der Waals surface area contributed by atoms with Gasteiger partial charge in [-0.15, -0.1) is 0 Å². The first-order chi connectivity index (χ1) is 4.54. The van der Waals surface area contributed by atoms with Crippen LogP contribution >= 0.6 is 0 Å². The van der Waals surface area contributed by atoms with Gasteiger partial charge < -0.3 is 0 Å². The Kier molecular flexibility index (Phi) is 4.07. The standard InChI is InChI=1S/C5H8O4Se/c1-3(5(8)9)10-2-4(6)7/h3H,2H2,1H3,(H,6,7)(H,8,9)/t3-/m1/s1. The maximum atomic E-state index is 10.1. The van der Waals surface area contributed by atoms with Gasteiger partial charge in [0.2, 0.25) is 0 Å². The molecule has 58 valence electrons. The Bertz CT molecular complexity index is 145. The van der Waals surface area contributed by atoms with E-state index in [1.54, 1.807) is 0 Å². The molecule has 2 N–H and O–H groups in total. The Labute approximate surface area is 64.4 Å². The molecule has 0 spiro atoms. The van der Waals surface area contributed by atoms with Crippen LogP contribution in [-0.2, 0) is 9.59 Å². The van der Waals surface area contributed by atoms with E-state index in [0.717, 1.165) is 0 Å². The van der Waals surface area contributed by atoms with Gasteiger partial charge in [0.1, 0.15) is 0 Å². The fourth-order valence-electron chi connectivity index (χ4n) is 0.268. The Morgan fingerprint density at radius 3 is 2.30 bits per heavy atom. The third kappa shape index (κ3) is 4.35. The maximum absolute atomic E-state index is 10.1. The average Bonchev–Trinajstić information content (AvgIpc) is 1.82. The minimum atomic E-state index is -0.923. The van der Waals surface area contributed by atoms with Gasteiger partial charge in [0, 0.05) is 0 Å². The van der Waals surface area contributed by atoms with Gasteiger partial charge in [0.05, 0.1) is 0 Å². The van der Waals surface area contributed by atoms with Gasteiger partial charge in [0.25, 0.3) is 0 Å². The van der Waals surface area contributed by atoms with Crippen molar-refractivity contribution < 1.29 is 19.8 Å². The number of carboxylic acid groups (broad SMARTS) is 2. The topological polar surface area (TPSA) is 74.6 Å². The second-order valence-electron chi connectivity index (χ2n) is 1.69. The van der Waals surface area contributed by atoms with Gasteiger partial charge in [-0.3, -0.25) is 0 Å². The third-order valence-corrected chi connectivity index (χ3v) is 3.14. The Hall–Kier alpha value is -0.541. The molecule has 0 saturated carbocycles. The van der Waals surface area contributed by atoms with Crippen molar-refractivity contribution in [2.45, 2.75) is 17.1 Å². The Balaban J connectivity index is 3.49. The predicted molar refractivity (Wildman–Crippen MR) is 35.3 cm³/mol. The third-order valence-electron chi connectivity index (χ3n) is 0.805. The van der Waals surface area contributed by atoms with E-state index in [4.69, 9.17) is 10.2 Å². The molecule has 0 radical (unpaired) electrons. The molecule has 0 unspecified atom stereocenters. The molecular weight excluding hydrogens is 203 g/mol. The van der Waals surface area contributed by atoms with Crippen molar-refractivity contribution in [3.8, 4) is 0 Å². The van der Waals surface area contributed by atoms with Crippen molar-refractivity contribution in [1.82, 2.24) is 0 Å². The van der Waals surface area contributed by atoms with Gasteiger partial charge in [-0.1, -0.05) is 0 Å². The van der Waals surface area contributed by atoms with E-state index in [2.05, 4.69) is 0 Å². The summed E-state index contributed by atoms with van der Waals surface area (Å²) in [7, 11) is 0. The second kappa shape index (κ2) is 4.30. The number of hydrogen-bond acceptors (Lipinski definition) is 2. The van der Waals surface area contributed by atoms with E-state index in [1.807, 2.05) is 0 Å². The molecule has 4 nitrogen and oxygen atoms in total. The molecule has 1 atom stereocenters. The molecule has 0 aliphatic carbocycles. The van der Waals surface area contributed by atoms with Crippen LogP contribution in [0.5, 0.6) is 0 Å². The summed E-state index contributed by atoms with van der Waals surface area (Å²) < 4.78 is 0. The molecule has 0 aliphatic rings. The van der Waals surface area contributed by atoms with E-state index >= 15 is 0 Å². The first kappa shape index (κ1) is 9.46. The van der Waals surface area contributed by atoms with Crippen molar-refractivity contribution in [1.29, 1.82) is 0 Å². The van der Waals surface area contributed by atoms with E-state index in [1.165, 1.54) is 6.92 Å². The fourth-order valence-corrected chi connectivity index (χ4v) is 1.39. The molecule has 0 aliphatic heterocycles. The molecule has 0 amide bonds. The molecule has 0 fully saturated rings. The summed E-state index contributed by atoms with van der Waals surface area (Å²) in [4.78, 5) is 19.6. The van der Waals surface area contributed by atoms with Crippen molar-refractivity contribution >= 4 is 26.9 Å². The summed E-state index contributed by atoms with van der Waals surface area (Å²) in [6.07, 6.45) is 0. The average molecular weight is 211 g/mol. The second-order valence-corrected chi connectivity index (χ2v) is 4.47. The van der Waals surface area contributed by atoms with Crippen molar-refractivity contribution in [2.75, 3.05) is 0 Å². The minimum absolute atomic E-state index is 0.0134. The zero-order valence-electron chi connectivity index (χ0n) is 5.40. The summed E-state index contributed by atoms with van der Waals surface area (Å²) in [6.45, 7) is 1.52. The van der Waals surface area contributed by atoms with Gasteiger partial charge in [-0.25, -0.2) is 0 Å². The first-order valence-corrected chi connectivity index (χ1v) is 4.80. The Morgan fingerprint density at radius 2 is 2.00 bits per heavy atom. The summed E-state index contributed by atoms with van der Waals surface area (Å²) in [5.74, 6) is -1.84. The molecule has 0 aromatic carbocycles. The van der Waals surface area contributed by atoms with Crippen LogP contribution < -0.4 is 0 Å². The molecule has 0 saturated heterocycles. The van der Waals surface area contributed by atoms with E-state index in [-0.39, 0.29) is 20.3 Å². The van der Waals surface area contributed by atoms with Crippen LogP contribution in [-0.4, -0.2) is 37.1 Å². The molecule has 5 heteroatoms. The van der Waals surface area contributed by atoms with Crippen LogP contribution in [0.15, 0.2) is 0 Å². The van der Waals surface area contributed by atoms with Crippen LogP contribution in [0.2, 0.25) is 10.1 Å². The predicted octanol–water partition coefficient (Wildman–Crippen LogP) is 0.0865. The van der Waals surface area contributed by atoms with Gasteiger partial charge in [-0.05, 0) is 0 Å². The number of hydrogen-bond donors (Lipinski definition) is 2. The Morgan fingerprint density at radius 1 is 1.50 bits per heavy atom. The van der Waals surface area contributed by atoms with E-state index in [9.17, 15) is 9.59 Å². The molecule has 10 heavy (non-hydrogen) atoms. The SMILES string of the molecule is C[C@@H]([Se]CC(=O)O)C(=O)O. The molecule has 0 bridgehead atoms. The fraction of sp³-hybridized carbons (Fsp3) is 0.600. The van der Waals surface area contributed by atoms with Crippen molar-refractivity contribution in [3.05, 3.63) is 0 Å². The zero-order valence-corrected chi connectivity index (χ0v) is 7.12. The summed E-state index contributed by atoms with van der Waals surface area (Å²) in [5.41, 5.74) is 0. The quantitative estimate of drug-likeness (QED) is 0.646. The summed E-state index contributed by atoms with van der Waals surface area (Å²) >= 11 is -0.322. The van der Waals surface area contributed by atoms with Crippen molar-refractivity contribution in [3.63, 3.8) is 0 Å². The number of aliphatic carboxylic acids is 2. The van der Waals surface area contributed by atoms with E-state index in [0.29, 0.717) is 0 Å². The monoisotopic (exact) mass is 212 g/mol. The number of rotatable bonds is 4. The number of carboxylic acids is 2. The van der Waals surface area contributed by atoms with Crippen LogP contribution in [0.1, 0.15) is 6.92 Å². The van der Waals surface area contributed by atoms with Crippen LogP contribution in [0.3, 0.4) is 0 Å². The van der Waals surface area contributed by atoms with Gasteiger partial charge in [0.15, 0.2) is 0 Å². The van der Waals surface area contributed by atoms with Crippen LogP contribution in [0.4, 0.5) is 0 Å². The zero-order chi connectivity index (χ0) is 8.15. The normalized spacial score (nSPS) is 12.5. The summed E-state index contributed by atoms with van der Waals surface area (Å²) in [6, 6.07) is 0. The number of carbonyl (C=O) groups is 2. The van der Waals surface area contributed by atoms with Crippen LogP contribution in [0.25, 0.3) is 0 Å². The van der Waals surface area contributed by atoms with E-state index < -0.39 is 16.8 Å². The molecular formula is C5H8O4Se. The summed E-state index contributed by atoms with van der Waals surface area (Å²) in [5, 5.41) is 16.5. The molecule has 0 rings (SSSR count). The van der Waals surface area contributed by atoms with Gasteiger partial charge >= 0.3 is 63.8 Å². The van der Waals surface area contributed by atoms with Crippen molar-refractivity contribution in [2.24, 2.45) is 0 Å². The van der Waals surface area contributed by atoms with Crippen LogP contribution in [0, 0.1) is 0 Å². The first-order valence-electron chi connectivity index (χ1n) is 2.60. The molecule has 0 aromatic heterocycles. The molecule has 0 heterocycles. The molecule has 0 aromatic rings. The van der Waals surface area contributed by atoms with Gasteiger partial charge in [-0.2, -0.15) is 0 Å².